The van der Waals surface area contributed by atoms with Gasteiger partial charge in [-0.05, 0) is 23.7 Å². The van der Waals surface area contributed by atoms with Crippen LogP contribution in [-0.4, -0.2) is 27.2 Å². The average Bonchev–Trinajstić information content (AvgIpc) is 2.78. The van der Waals surface area contributed by atoms with E-state index in [1.54, 1.807) is 0 Å². The van der Waals surface area contributed by atoms with Gasteiger partial charge in [-0.2, -0.15) is 0 Å². The molecule has 2 atom stereocenters. The van der Waals surface area contributed by atoms with Crippen LogP contribution < -0.4 is 5.73 Å². The van der Waals surface area contributed by atoms with Crippen LogP contribution in [0, 0.1) is 0 Å². The van der Waals surface area contributed by atoms with Crippen LogP contribution in [0.4, 0.5) is 0 Å². The molecule has 0 saturated carbocycles. The van der Waals surface area contributed by atoms with E-state index in [2.05, 4.69) is 4.98 Å². The number of aromatic nitrogens is 1. The van der Waals surface area contributed by atoms with Crippen LogP contribution in [0.5, 0.6) is 5.75 Å². The first-order valence-corrected chi connectivity index (χ1v) is 4.40. The largest absolute Gasteiger partial charge is 0.508 e. The van der Waals surface area contributed by atoms with E-state index >= 15 is 0 Å². The molecular formula is C11H12N2O3. The van der Waals surface area contributed by atoms with Crippen molar-refractivity contribution in [2.75, 3.05) is 0 Å². The summed E-state index contributed by atoms with van der Waals surface area (Å²) in [6.07, 6.45) is -1.92. The van der Waals surface area contributed by atoms with Gasteiger partial charge in [0.25, 0.3) is 0 Å². The number of hydrogen-bond acceptors (Lipinski definition) is 3. The van der Waals surface area contributed by atoms with E-state index in [1.165, 1.54) is 0 Å². The second-order valence-corrected chi connectivity index (χ2v) is 3.17. The van der Waals surface area contributed by atoms with E-state index in [0.717, 1.165) is 0 Å². The maximum atomic E-state index is 10.9. The van der Waals surface area contributed by atoms with Crippen molar-refractivity contribution in [3.05, 3.63) is 29.9 Å². The molecule has 0 bridgehead atoms. The van der Waals surface area contributed by atoms with Gasteiger partial charge >= 0.3 is 5.97 Å². The summed E-state index contributed by atoms with van der Waals surface area (Å²) in [7, 11) is 0. The molecule has 1 unspecified atom stereocenters. The minimum absolute atomic E-state index is 0.0716. The SMILES string of the molecule is [2H]c1[nH]c2c([2H])c([2H])c(O)c([2H])c2c1C([2H])[13C@H](N)C(=O)O. The van der Waals surface area contributed by atoms with Gasteiger partial charge in [0.05, 0.1) is 5.48 Å². The Morgan fingerprint density at radius 1 is 1.69 bits per heavy atom. The maximum Gasteiger partial charge on any atom is 0.320 e. The number of H-pyrrole nitrogens is 1. The molecule has 0 saturated heterocycles. The van der Waals surface area contributed by atoms with Gasteiger partial charge in [0, 0.05) is 24.8 Å². The number of benzene rings is 1. The molecule has 84 valence electrons. The van der Waals surface area contributed by atoms with Crippen molar-refractivity contribution in [1.29, 1.82) is 0 Å². The van der Waals surface area contributed by atoms with E-state index in [1.807, 2.05) is 0 Å². The molecule has 1 aromatic carbocycles. The lowest BCUT2D eigenvalue weighted by atomic mass is 10.1. The Morgan fingerprint density at radius 2 is 2.44 bits per heavy atom. The van der Waals surface area contributed by atoms with Gasteiger partial charge in [-0.25, -0.2) is 0 Å². The number of phenols is 1. The van der Waals surface area contributed by atoms with Crippen LogP contribution in [0.1, 0.15) is 12.4 Å². The first-order valence-electron chi connectivity index (χ1n) is 6.97. The zero-order valence-electron chi connectivity index (χ0n) is 13.0. The first-order chi connectivity index (χ1) is 9.68. The smallest absolute Gasteiger partial charge is 0.320 e. The van der Waals surface area contributed by atoms with Crippen LogP contribution >= 0.6 is 0 Å². The first kappa shape index (κ1) is 5.91. The fourth-order valence-electron chi connectivity index (χ4n) is 1.26. The summed E-state index contributed by atoms with van der Waals surface area (Å²) < 4.78 is 38.6. The van der Waals surface area contributed by atoms with Crippen LogP contribution in [-0.2, 0) is 11.2 Å². The minimum atomic E-state index is -1.63. The van der Waals surface area contributed by atoms with Crippen molar-refractivity contribution in [3.8, 4) is 5.75 Å². The third kappa shape index (κ3) is 1.85. The Morgan fingerprint density at radius 3 is 3.12 bits per heavy atom. The highest BCUT2D eigenvalue weighted by Crippen LogP contribution is 2.23. The fraction of sp³-hybridized carbons (Fsp3) is 0.182. The summed E-state index contributed by atoms with van der Waals surface area (Å²) in [5, 5.41) is 18.4. The summed E-state index contributed by atoms with van der Waals surface area (Å²) >= 11 is 0. The zero-order valence-corrected chi connectivity index (χ0v) is 8.03. The molecule has 0 aliphatic rings. The van der Waals surface area contributed by atoms with Crippen molar-refractivity contribution in [1.82, 2.24) is 4.98 Å². The molecule has 5 N–H and O–H groups in total. The van der Waals surface area contributed by atoms with Gasteiger partial charge in [0.1, 0.15) is 11.8 Å². The van der Waals surface area contributed by atoms with Gasteiger partial charge in [-0.15, -0.1) is 0 Å². The standard InChI is InChI=1S/C11H12N2O3/c12-9(11(15)16)3-6-5-13-10-2-1-7(14)4-8(6)10/h1-2,4-5,9,13-14H,3,12H2,(H,15,16)/t9-/m0/s1/i1D,2D,3D,4D,5D,9+1/t3?,9-. The highest BCUT2D eigenvalue weighted by Gasteiger charge is 2.14. The van der Waals surface area contributed by atoms with Gasteiger partial charge in [0.15, 0.2) is 0 Å². The highest BCUT2D eigenvalue weighted by atomic mass is 16.4. The van der Waals surface area contributed by atoms with Crippen LogP contribution in [0.3, 0.4) is 0 Å². The summed E-state index contributed by atoms with van der Waals surface area (Å²) in [5.74, 6) is -2.20. The third-order valence-corrected chi connectivity index (χ3v) is 2.02. The van der Waals surface area contributed by atoms with Gasteiger partial charge < -0.3 is 20.9 Å². The molecule has 0 aliphatic heterocycles. The second kappa shape index (κ2) is 3.86. The van der Waals surface area contributed by atoms with Gasteiger partial charge in [-0.1, -0.05) is 0 Å². The Labute approximate surface area is 98.5 Å². The highest BCUT2D eigenvalue weighted by molar-refractivity contribution is 5.85. The number of carbonyl (C=O) groups is 1. The van der Waals surface area contributed by atoms with Crippen molar-refractivity contribution in [2.24, 2.45) is 5.73 Å². The second-order valence-electron chi connectivity index (χ2n) is 3.17. The van der Waals surface area contributed by atoms with Crippen LogP contribution in [0.15, 0.2) is 24.3 Å². The van der Waals surface area contributed by atoms with E-state index in [4.69, 9.17) is 17.7 Å². The molecule has 2 rings (SSSR count). The number of aromatic amines is 1. The van der Waals surface area contributed by atoms with E-state index < -0.39 is 42.3 Å². The number of phenolic OH excluding ortho intramolecular Hbond substituents is 1. The number of rotatable bonds is 3. The van der Waals surface area contributed by atoms with Gasteiger partial charge in [0.2, 0.25) is 0 Å². The molecule has 1 aromatic heterocycles. The molecule has 5 heteroatoms. The molecule has 5 nitrogen and oxygen atoms in total. The zero-order chi connectivity index (χ0) is 16.1. The summed E-state index contributed by atoms with van der Waals surface area (Å²) in [6, 6.07) is -3.18. The predicted molar refractivity (Wildman–Crippen MR) is 59.3 cm³/mol. The molecule has 0 aliphatic carbocycles. The monoisotopic (exact) mass is 226 g/mol. The summed E-state index contributed by atoms with van der Waals surface area (Å²) in [5.41, 5.74) is 5.12. The topological polar surface area (TPSA) is 99.3 Å². The quantitative estimate of drug-likeness (QED) is 0.582. The normalized spacial score (nSPS) is 19.2. The fourth-order valence-corrected chi connectivity index (χ4v) is 1.26. The molecule has 16 heavy (non-hydrogen) atoms. The lowest BCUT2D eigenvalue weighted by Gasteiger charge is -2.04. The number of hydrogen-bond donors (Lipinski definition) is 4. The van der Waals surface area contributed by atoms with Crippen molar-refractivity contribution < 1.29 is 21.9 Å². The number of aliphatic carboxylic acids is 1. The number of nitrogens with two attached hydrogens (primary N) is 1. The van der Waals surface area contributed by atoms with E-state index in [0.29, 0.717) is 0 Å². The van der Waals surface area contributed by atoms with E-state index in [-0.39, 0.29) is 22.6 Å². The Kier molecular flexibility index (Phi) is 1.43. The molecule has 0 spiro atoms. The van der Waals surface area contributed by atoms with Gasteiger partial charge in [-0.3, -0.25) is 4.79 Å². The number of nitrogens with one attached hydrogen (secondary N) is 1. The molecule has 2 aromatic rings. The lowest BCUT2D eigenvalue weighted by Crippen LogP contribution is -2.32. The van der Waals surface area contributed by atoms with Crippen molar-refractivity contribution >= 4 is 16.9 Å². The summed E-state index contributed by atoms with van der Waals surface area (Å²) in [4.78, 5) is 13.3. The van der Waals surface area contributed by atoms with Crippen molar-refractivity contribution in [2.45, 2.75) is 12.4 Å². The van der Waals surface area contributed by atoms with Crippen LogP contribution in [0.2, 0.25) is 0 Å². The molecular weight excluding hydrogens is 209 g/mol. The summed E-state index contributed by atoms with van der Waals surface area (Å²) in [6.45, 7) is 0. The number of aromatic hydroxyl groups is 1. The average molecular weight is 226 g/mol. The third-order valence-electron chi connectivity index (χ3n) is 2.02. The Bertz CT molecular complexity index is 746. The molecule has 0 amide bonds. The number of carboxylic acids is 1. The van der Waals surface area contributed by atoms with Crippen molar-refractivity contribution in [3.63, 3.8) is 0 Å². The minimum Gasteiger partial charge on any atom is -0.508 e. The predicted octanol–water partition coefficient (Wildman–Crippen LogP) is 0.828. The number of carboxylic acid groups (broad SMARTS) is 1. The number of fused-ring (bicyclic) bond motifs is 1. The van der Waals surface area contributed by atoms with Crippen LogP contribution in [0.25, 0.3) is 10.9 Å². The molecule has 0 fully saturated rings. The molecule has 0 radical (unpaired) electrons. The van der Waals surface area contributed by atoms with E-state index in [9.17, 15) is 9.90 Å². The Hall–Kier alpha value is -2.01. The lowest BCUT2D eigenvalue weighted by molar-refractivity contribution is -0.138. The Balaban J connectivity index is 2.82. The molecule has 1 heterocycles. The maximum absolute atomic E-state index is 10.9.